The molecule has 1 heteroatoms. The van der Waals surface area contributed by atoms with Crippen LogP contribution < -0.4 is 4.90 Å². The van der Waals surface area contributed by atoms with E-state index in [1.165, 1.54) is 55.2 Å². The molecule has 0 unspecified atom stereocenters. The highest BCUT2D eigenvalue weighted by Crippen LogP contribution is 2.45. The van der Waals surface area contributed by atoms with Crippen molar-refractivity contribution in [2.75, 3.05) is 11.9 Å². The molecule has 0 amide bonds. The second-order valence-electron chi connectivity index (χ2n) is 9.83. The van der Waals surface area contributed by atoms with Crippen LogP contribution in [0.5, 0.6) is 0 Å². The Balaban J connectivity index is 1.87. The van der Waals surface area contributed by atoms with Gasteiger partial charge in [-0.2, -0.15) is 0 Å². The Bertz CT molecular complexity index is 1320. The van der Waals surface area contributed by atoms with Crippen LogP contribution >= 0.6 is 0 Å². The van der Waals surface area contributed by atoms with E-state index in [9.17, 15) is 0 Å². The molecule has 0 N–H and O–H groups in total. The van der Waals surface area contributed by atoms with Crippen LogP contribution in [-0.2, 0) is 6.42 Å². The molecular weight excluding hydrogens is 362 g/mol. The number of rotatable bonds is 1. The van der Waals surface area contributed by atoms with Gasteiger partial charge in [-0.3, -0.25) is 0 Å². The van der Waals surface area contributed by atoms with Gasteiger partial charge in [-0.25, -0.2) is 0 Å². The van der Waals surface area contributed by atoms with Gasteiger partial charge in [0.05, 0.1) is 5.69 Å². The van der Waals surface area contributed by atoms with Crippen molar-refractivity contribution in [1.29, 1.82) is 0 Å². The minimum Gasteiger partial charge on any atom is -0.343 e. The largest absolute Gasteiger partial charge is 0.343 e. The van der Waals surface area contributed by atoms with Gasteiger partial charge in [-0.1, -0.05) is 87.5 Å². The van der Waals surface area contributed by atoms with E-state index >= 15 is 0 Å². The van der Waals surface area contributed by atoms with Crippen molar-refractivity contribution in [3.8, 4) is 0 Å². The van der Waals surface area contributed by atoms with Crippen LogP contribution in [0.15, 0.2) is 60.7 Å². The van der Waals surface area contributed by atoms with Crippen LogP contribution in [0.1, 0.15) is 43.0 Å². The minimum absolute atomic E-state index is 0.272. The molecule has 0 bridgehead atoms. The van der Waals surface area contributed by atoms with Gasteiger partial charge in [0.25, 0.3) is 0 Å². The zero-order valence-electron chi connectivity index (χ0n) is 18.6. The molecule has 0 aliphatic carbocycles. The Hall–Kier alpha value is -3.06. The molecule has 1 aliphatic rings. The summed E-state index contributed by atoms with van der Waals surface area (Å²) in [4.78, 5) is 2.38. The fraction of sp³-hybridized carbons (Fsp3) is 0.241. The van der Waals surface area contributed by atoms with E-state index in [2.05, 4.69) is 112 Å². The van der Waals surface area contributed by atoms with Crippen LogP contribution in [0, 0.1) is 12.3 Å². The first kappa shape index (κ1) is 18.9. The van der Waals surface area contributed by atoms with Crippen LogP contribution in [-0.4, -0.2) is 7.05 Å². The molecule has 0 aromatic heterocycles. The summed E-state index contributed by atoms with van der Waals surface area (Å²) >= 11 is 0. The average molecular weight is 392 g/mol. The lowest BCUT2D eigenvalue weighted by Gasteiger charge is -2.26. The summed E-state index contributed by atoms with van der Waals surface area (Å²) in [6.07, 6.45) is 5.70. The van der Waals surface area contributed by atoms with E-state index in [0.29, 0.717) is 0 Å². The maximum absolute atomic E-state index is 2.42. The lowest BCUT2D eigenvalue weighted by Crippen LogP contribution is -2.12. The van der Waals surface area contributed by atoms with Gasteiger partial charge in [-0.05, 0) is 52.1 Å². The van der Waals surface area contributed by atoms with E-state index in [4.69, 9.17) is 0 Å². The van der Waals surface area contributed by atoms with Crippen molar-refractivity contribution in [2.45, 2.75) is 34.1 Å². The topological polar surface area (TPSA) is 3.24 Å². The molecule has 4 aromatic carbocycles. The first-order chi connectivity index (χ1) is 14.3. The molecule has 4 aromatic rings. The lowest BCUT2D eigenvalue weighted by molar-refractivity contribution is 0.411. The number of fused-ring (bicyclic) bond motifs is 7. The monoisotopic (exact) mass is 391 g/mol. The van der Waals surface area contributed by atoms with Crippen molar-refractivity contribution in [2.24, 2.45) is 5.41 Å². The number of hydrogen-bond acceptors (Lipinski definition) is 1. The molecule has 0 spiro atoms. The minimum atomic E-state index is 0.272. The van der Waals surface area contributed by atoms with Gasteiger partial charge in [0.15, 0.2) is 0 Å². The second kappa shape index (κ2) is 6.74. The maximum atomic E-state index is 2.42. The third kappa shape index (κ3) is 3.01. The summed E-state index contributed by atoms with van der Waals surface area (Å²) < 4.78 is 0. The summed E-state index contributed by atoms with van der Waals surface area (Å²) in [5, 5.41) is 5.33. The van der Waals surface area contributed by atoms with Crippen LogP contribution in [0.4, 0.5) is 11.4 Å². The fourth-order valence-corrected chi connectivity index (χ4v) is 4.96. The molecule has 0 saturated heterocycles. The molecular formula is C29H29N. The predicted octanol–water partition coefficient (Wildman–Crippen LogP) is 8.14. The molecule has 0 fully saturated rings. The van der Waals surface area contributed by atoms with E-state index in [1.807, 2.05) is 0 Å². The van der Waals surface area contributed by atoms with Crippen LogP contribution in [0.3, 0.4) is 0 Å². The van der Waals surface area contributed by atoms with Gasteiger partial charge in [0.2, 0.25) is 0 Å². The Morgan fingerprint density at radius 1 is 0.733 bits per heavy atom. The molecule has 0 atom stereocenters. The molecule has 1 heterocycles. The summed E-state index contributed by atoms with van der Waals surface area (Å²) in [5.41, 5.74) is 8.16. The van der Waals surface area contributed by atoms with E-state index < -0.39 is 0 Å². The lowest BCUT2D eigenvalue weighted by atomic mass is 9.86. The van der Waals surface area contributed by atoms with Gasteiger partial charge in [0.1, 0.15) is 0 Å². The van der Waals surface area contributed by atoms with Crippen molar-refractivity contribution in [1.82, 2.24) is 0 Å². The van der Waals surface area contributed by atoms with Crippen molar-refractivity contribution in [3.63, 3.8) is 0 Å². The number of nitrogens with zero attached hydrogens (tertiary/aromatic N) is 1. The molecule has 1 nitrogen and oxygen atoms in total. The summed E-state index contributed by atoms with van der Waals surface area (Å²) in [5.74, 6) is 0. The van der Waals surface area contributed by atoms with Gasteiger partial charge >= 0.3 is 0 Å². The first-order valence-corrected chi connectivity index (χ1v) is 10.8. The smallest absolute Gasteiger partial charge is 0.0568 e. The molecule has 5 rings (SSSR count). The first-order valence-electron chi connectivity index (χ1n) is 10.8. The standard InChI is InChI=1S/C29H29N/c1-19-9-8-12-27-21(19)15-16-25-23-14-13-20(18-29(2,3)4)17-26(23)22-10-6-7-11-24(22)28(25)30(27)5/h6-17H,18H2,1-5H3. The average Bonchev–Trinajstić information content (AvgIpc) is 2.85. The Morgan fingerprint density at radius 3 is 2.23 bits per heavy atom. The second-order valence-corrected chi connectivity index (χ2v) is 9.83. The van der Waals surface area contributed by atoms with E-state index in [1.54, 1.807) is 0 Å². The number of benzene rings is 4. The number of anilines is 2. The molecule has 150 valence electrons. The summed E-state index contributed by atoms with van der Waals surface area (Å²) in [6, 6.07) is 22.5. The summed E-state index contributed by atoms with van der Waals surface area (Å²) in [7, 11) is 2.20. The Morgan fingerprint density at radius 2 is 1.47 bits per heavy atom. The highest BCUT2D eigenvalue weighted by Gasteiger charge is 2.21. The van der Waals surface area contributed by atoms with Gasteiger partial charge in [0, 0.05) is 29.2 Å². The highest BCUT2D eigenvalue weighted by atomic mass is 15.1. The Kier molecular flexibility index (Phi) is 4.25. The van der Waals surface area contributed by atoms with Crippen LogP contribution in [0.2, 0.25) is 0 Å². The van der Waals surface area contributed by atoms with Gasteiger partial charge < -0.3 is 4.90 Å². The van der Waals surface area contributed by atoms with Crippen molar-refractivity contribution < 1.29 is 0 Å². The van der Waals surface area contributed by atoms with Crippen molar-refractivity contribution >= 4 is 45.1 Å². The Labute approximate surface area is 179 Å². The summed E-state index contributed by atoms with van der Waals surface area (Å²) in [6.45, 7) is 9.12. The molecule has 1 aliphatic heterocycles. The fourth-order valence-electron chi connectivity index (χ4n) is 4.96. The van der Waals surface area contributed by atoms with Crippen LogP contribution in [0.25, 0.3) is 33.7 Å². The van der Waals surface area contributed by atoms with Crippen molar-refractivity contribution in [3.05, 3.63) is 82.9 Å². The highest BCUT2D eigenvalue weighted by molar-refractivity contribution is 6.19. The quantitative estimate of drug-likeness (QED) is 0.296. The number of aryl methyl sites for hydroxylation is 1. The number of hydrogen-bond donors (Lipinski definition) is 0. The zero-order valence-corrected chi connectivity index (χ0v) is 18.6. The van der Waals surface area contributed by atoms with E-state index in [0.717, 1.165) is 6.42 Å². The predicted molar refractivity (Wildman–Crippen MR) is 133 cm³/mol. The third-order valence-electron chi connectivity index (χ3n) is 6.25. The van der Waals surface area contributed by atoms with E-state index in [-0.39, 0.29) is 5.41 Å². The third-order valence-corrected chi connectivity index (χ3v) is 6.25. The van der Waals surface area contributed by atoms with Gasteiger partial charge in [-0.15, -0.1) is 0 Å². The molecule has 0 saturated carbocycles. The SMILES string of the molecule is Cc1cccc2c1C=Cc1c(c3ccccc3c3cc(CC(C)(C)C)ccc13)N2C. The normalized spacial score (nSPS) is 13.4. The maximum Gasteiger partial charge on any atom is 0.0568 e. The zero-order chi connectivity index (χ0) is 21.0. The molecule has 30 heavy (non-hydrogen) atoms. The molecule has 0 radical (unpaired) electrons.